The van der Waals surface area contributed by atoms with E-state index in [4.69, 9.17) is 5.73 Å². The molecule has 1 aromatic carbocycles. The molecule has 0 aliphatic carbocycles. The van der Waals surface area contributed by atoms with Crippen molar-refractivity contribution in [3.05, 3.63) is 33.8 Å². The summed E-state index contributed by atoms with van der Waals surface area (Å²) >= 11 is 2.92. The Morgan fingerprint density at radius 1 is 1.47 bits per heavy atom. The summed E-state index contributed by atoms with van der Waals surface area (Å²) in [4.78, 5) is 11.8. The van der Waals surface area contributed by atoms with Crippen LogP contribution in [-0.4, -0.2) is 11.8 Å². The third-order valence-electron chi connectivity index (χ3n) is 2.50. The molecule has 0 bridgehead atoms. The second-order valence-corrected chi connectivity index (χ2v) is 4.69. The smallest absolute Gasteiger partial charge is 0.185 e. The first-order valence-corrected chi connectivity index (χ1v) is 6.21. The Bertz CT molecular complexity index is 423. The van der Waals surface area contributed by atoms with Gasteiger partial charge < -0.3 is 5.73 Å². The average Bonchev–Trinajstić information content (AvgIpc) is 2.31. The van der Waals surface area contributed by atoms with E-state index < -0.39 is 29.0 Å². The van der Waals surface area contributed by atoms with E-state index in [1.54, 1.807) is 0 Å². The highest BCUT2D eigenvalue weighted by molar-refractivity contribution is 9.10. The van der Waals surface area contributed by atoms with Crippen LogP contribution < -0.4 is 5.73 Å². The summed E-state index contributed by atoms with van der Waals surface area (Å²) in [6, 6.07) is 1.42. The normalized spacial score (nSPS) is 12.5. The lowest BCUT2D eigenvalue weighted by Gasteiger charge is -2.11. The van der Waals surface area contributed by atoms with Gasteiger partial charge in [0.05, 0.1) is 16.1 Å². The van der Waals surface area contributed by atoms with E-state index in [1.807, 2.05) is 6.92 Å². The van der Waals surface area contributed by atoms with Crippen LogP contribution in [0.5, 0.6) is 0 Å². The SMILES string of the molecule is CCCCC(N)C(=O)c1c(F)ccc(Br)c1F. The van der Waals surface area contributed by atoms with Crippen molar-refractivity contribution < 1.29 is 13.6 Å². The first-order valence-electron chi connectivity index (χ1n) is 5.42. The van der Waals surface area contributed by atoms with Crippen LogP contribution in [0.2, 0.25) is 0 Å². The lowest BCUT2D eigenvalue weighted by Crippen LogP contribution is -2.31. The second kappa shape index (κ2) is 6.21. The maximum absolute atomic E-state index is 13.6. The summed E-state index contributed by atoms with van der Waals surface area (Å²) < 4.78 is 27.1. The van der Waals surface area contributed by atoms with Gasteiger partial charge >= 0.3 is 0 Å². The molecule has 1 rings (SSSR count). The van der Waals surface area contributed by atoms with Gasteiger partial charge in [-0.3, -0.25) is 4.79 Å². The van der Waals surface area contributed by atoms with E-state index in [0.29, 0.717) is 6.42 Å². The zero-order chi connectivity index (χ0) is 13.0. The summed E-state index contributed by atoms with van der Waals surface area (Å²) in [5.41, 5.74) is 5.07. The molecule has 0 saturated heterocycles. The third kappa shape index (κ3) is 3.33. The van der Waals surface area contributed by atoms with Crippen LogP contribution in [0.3, 0.4) is 0 Å². The number of benzene rings is 1. The number of halogens is 3. The number of ketones is 1. The van der Waals surface area contributed by atoms with Crippen LogP contribution in [-0.2, 0) is 0 Å². The zero-order valence-corrected chi connectivity index (χ0v) is 11.1. The van der Waals surface area contributed by atoms with E-state index in [1.165, 1.54) is 6.07 Å². The van der Waals surface area contributed by atoms with Gasteiger partial charge in [0.25, 0.3) is 0 Å². The van der Waals surface area contributed by atoms with E-state index in [0.717, 1.165) is 18.9 Å². The van der Waals surface area contributed by atoms with Crippen LogP contribution in [0.25, 0.3) is 0 Å². The van der Waals surface area contributed by atoms with Gasteiger partial charge in [0.15, 0.2) is 11.6 Å². The molecule has 0 radical (unpaired) electrons. The number of hydrogen-bond acceptors (Lipinski definition) is 2. The van der Waals surface area contributed by atoms with E-state index in [9.17, 15) is 13.6 Å². The van der Waals surface area contributed by atoms with E-state index in [2.05, 4.69) is 15.9 Å². The quantitative estimate of drug-likeness (QED) is 0.669. The van der Waals surface area contributed by atoms with Crippen molar-refractivity contribution in [1.29, 1.82) is 0 Å². The van der Waals surface area contributed by atoms with Crippen molar-refractivity contribution >= 4 is 21.7 Å². The number of Topliss-reactive ketones (excluding diaryl/α,β-unsaturated/α-hetero) is 1. The Morgan fingerprint density at radius 2 is 2.12 bits per heavy atom. The van der Waals surface area contributed by atoms with Gasteiger partial charge in [-0.25, -0.2) is 8.78 Å². The van der Waals surface area contributed by atoms with Crippen molar-refractivity contribution in [2.75, 3.05) is 0 Å². The zero-order valence-electron chi connectivity index (χ0n) is 9.47. The van der Waals surface area contributed by atoms with E-state index in [-0.39, 0.29) is 4.47 Å². The van der Waals surface area contributed by atoms with Crippen molar-refractivity contribution in [1.82, 2.24) is 0 Å². The Labute approximate surface area is 107 Å². The average molecular weight is 306 g/mol. The highest BCUT2D eigenvalue weighted by Gasteiger charge is 2.24. The number of unbranched alkanes of at least 4 members (excludes halogenated alkanes) is 1. The summed E-state index contributed by atoms with van der Waals surface area (Å²) in [6.45, 7) is 1.96. The molecule has 1 aromatic rings. The molecule has 2 nitrogen and oxygen atoms in total. The maximum atomic E-state index is 13.6. The molecule has 17 heavy (non-hydrogen) atoms. The van der Waals surface area contributed by atoms with Gasteiger partial charge in [0.1, 0.15) is 5.82 Å². The van der Waals surface area contributed by atoms with Crippen LogP contribution in [0.4, 0.5) is 8.78 Å². The van der Waals surface area contributed by atoms with Gasteiger partial charge in [-0.1, -0.05) is 19.8 Å². The van der Waals surface area contributed by atoms with Gasteiger partial charge in [0.2, 0.25) is 0 Å². The van der Waals surface area contributed by atoms with Crippen molar-refractivity contribution in [2.24, 2.45) is 5.73 Å². The Balaban J connectivity index is 2.99. The van der Waals surface area contributed by atoms with Crippen LogP contribution in [0, 0.1) is 11.6 Å². The molecule has 94 valence electrons. The first-order chi connectivity index (χ1) is 7.99. The van der Waals surface area contributed by atoms with Crippen LogP contribution in [0.1, 0.15) is 36.5 Å². The van der Waals surface area contributed by atoms with Crippen LogP contribution in [0.15, 0.2) is 16.6 Å². The standard InChI is InChI=1S/C12H14BrF2NO/c1-2-3-4-9(16)12(17)10-8(14)6-5-7(13)11(10)15/h5-6,9H,2-4,16H2,1H3. The minimum absolute atomic E-state index is 0.0601. The molecule has 0 amide bonds. The molecule has 0 spiro atoms. The molecule has 0 aliphatic heterocycles. The summed E-state index contributed by atoms with van der Waals surface area (Å²) in [6.07, 6.45) is 2.06. The molecular formula is C12H14BrF2NO. The lowest BCUT2D eigenvalue weighted by molar-refractivity contribution is 0.0947. The molecule has 1 atom stereocenters. The Hall–Kier alpha value is -0.810. The lowest BCUT2D eigenvalue weighted by atomic mass is 9.99. The monoisotopic (exact) mass is 305 g/mol. The fourth-order valence-electron chi connectivity index (χ4n) is 1.49. The highest BCUT2D eigenvalue weighted by atomic mass is 79.9. The predicted molar refractivity (Wildman–Crippen MR) is 65.9 cm³/mol. The molecule has 2 N–H and O–H groups in total. The fourth-order valence-corrected chi connectivity index (χ4v) is 1.82. The second-order valence-electron chi connectivity index (χ2n) is 3.83. The molecule has 1 unspecified atom stereocenters. The van der Waals surface area contributed by atoms with E-state index >= 15 is 0 Å². The fraction of sp³-hybridized carbons (Fsp3) is 0.417. The molecule has 0 saturated carbocycles. The highest BCUT2D eigenvalue weighted by Crippen LogP contribution is 2.23. The largest absolute Gasteiger partial charge is 0.321 e. The number of carbonyl (C=O) groups excluding carboxylic acids is 1. The summed E-state index contributed by atoms with van der Waals surface area (Å²) in [5.74, 6) is -2.45. The number of hydrogen-bond donors (Lipinski definition) is 1. The maximum Gasteiger partial charge on any atom is 0.185 e. The third-order valence-corrected chi connectivity index (χ3v) is 3.11. The molecular weight excluding hydrogens is 292 g/mol. The summed E-state index contributed by atoms with van der Waals surface area (Å²) in [5, 5.41) is 0. The van der Waals surface area contributed by atoms with Gasteiger partial charge in [-0.05, 0) is 34.5 Å². The van der Waals surface area contributed by atoms with Crippen molar-refractivity contribution in [2.45, 2.75) is 32.2 Å². The van der Waals surface area contributed by atoms with Gasteiger partial charge in [-0.15, -0.1) is 0 Å². The molecule has 0 fully saturated rings. The van der Waals surface area contributed by atoms with Crippen molar-refractivity contribution in [3.63, 3.8) is 0 Å². The molecule has 0 aliphatic rings. The van der Waals surface area contributed by atoms with Crippen LogP contribution >= 0.6 is 15.9 Å². The molecule has 5 heteroatoms. The predicted octanol–water partition coefficient (Wildman–Crippen LogP) is 3.43. The molecule has 0 heterocycles. The Kier molecular flexibility index (Phi) is 5.21. The first kappa shape index (κ1) is 14.3. The molecule has 0 aromatic heterocycles. The number of nitrogens with two attached hydrogens (primary N) is 1. The number of carbonyl (C=O) groups is 1. The minimum Gasteiger partial charge on any atom is -0.321 e. The number of rotatable bonds is 5. The van der Waals surface area contributed by atoms with Crippen molar-refractivity contribution in [3.8, 4) is 0 Å². The topological polar surface area (TPSA) is 43.1 Å². The Morgan fingerprint density at radius 3 is 2.71 bits per heavy atom. The van der Waals surface area contributed by atoms with Gasteiger partial charge in [-0.2, -0.15) is 0 Å². The minimum atomic E-state index is -0.887. The van der Waals surface area contributed by atoms with Gasteiger partial charge in [0, 0.05) is 0 Å². The summed E-state index contributed by atoms with van der Waals surface area (Å²) in [7, 11) is 0.